The third-order valence-corrected chi connectivity index (χ3v) is 4.14. The smallest absolute Gasteiger partial charge is 0.244 e. The highest BCUT2D eigenvalue weighted by Gasteiger charge is 2.20. The standard InChI is InChI=1S/C19H21ClN2O3/c1-12-5-7-16(9-13(12)2)21-19(24)11-22(14(3)23)17-10-15(20)6-8-18(17)25-4/h5-10H,11H2,1-4H3,(H,21,24). The molecule has 0 saturated heterocycles. The first kappa shape index (κ1) is 18.8. The molecule has 0 aliphatic carbocycles. The van der Waals surface area contributed by atoms with Gasteiger partial charge in [0, 0.05) is 17.6 Å². The van der Waals surface area contributed by atoms with Crippen LogP contribution in [0.2, 0.25) is 5.02 Å². The Morgan fingerprint density at radius 2 is 1.84 bits per heavy atom. The number of ether oxygens (including phenoxy) is 1. The van der Waals surface area contributed by atoms with Crippen LogP contribution in [-0.2, 0) is 9.59 Å². The number of methoxy groups -OCH3 is 1. The Balaban J connectivity index is 2.21. The molecule has 25 heavy (non-hydrogen) atoms. The zero-order valence-electron chi connectivity index (χ0n) is 14.7. The first-order valence-electron chi connectivity index (χ1n) is 7.80. The molecule has 0 aromatic heterocycles. The lowest BCUT2D eigenvalue weighted by Crippen LogP contribution is -2.37. The Morgan fingerprint density at radius 1 is 1.12 bits per heavy atom. The van der Waals surface area contributed by atoms with Crippen molar-refractivity contribution >= 4 is 34.8 Å². The van der Waals surface area contributed by atoms with Crippen molar-refractivity contribution in [2.75, 3.05) is 23.9 Å². The molecule has 2 aromatic rings. The quantitative estimate of drug-likeness (QED) is 0.878. The van der Waals surface area contributed by atoms with E-state index in [9.17, 15) is 9.59 Å². The van der Waals surface area contributed by atoms with Gasteiger partial charge in [0.2, 0.25) is 11.8 Å². The number of aryl methyl sites for hydroxylation is 2. The molecule has 0 spiro atoms. The van der Waals surface area contributed by atoms with Crippen molar-refractivity contribution in [3.63, 3.8) is 0 Å². The highest BCUT2D eigenvalue weighted by atomic mass is 35.5. The van der Waals surface area contributed by atoms with Crippen LogP contribution >= 0.6 is 11.6 Å². The van der Waals surface area contributed by atoms with Gasteiger partial charge in [-0.3, -0.25) is 14.5 Å². The van der Waals surface area contributed by atoms with Crippen molar-refractivity contribution in [1.82, 2.24) is 0 Å². The number of nitrogens with zero attached hydrogens (tertiary/aromatic N) is 1. The molecule has 5 nitrogen and oxygen atoms in total. The molecule has 2 amide bonds. The molecule has 0 radical (unpaired) electrons. The van der Waals surface area contributed by atoms with Crippen molar-refractivity contribution in [2.45, 2.75) is 20.8 Å². The molecule has 6 heteroatoms. The molecule has 0 atom stereocenters. The summed E-state index contributed by atoms with van der Waals surface area (Å²) >= 11 is 6.03. The molecule has 2 aromatic carbocycles. The average Bonchev–Trinajstić information content (AvgIpc) is 2.55. The van der Waals surface area contributed by atoms with E-state index in [0.29, 0.717) is 22.1 Å². The van der Waals surface area contributed by atoms with Gasteiger partial charge >= 0.3 is 0 Å². The van der Waals surface area contributed by atoms with E-state index in [2.05, 4.69) is 5.32 Å². The summed E-state index contributed by atoms with van der Waals surface area (Å²) in [6, 6.07) is 10.6. The van der Waals surface area contributed by atoms with Crippen molar-refractivity contribution in [1.29, 1.82) is 0 Å². The molecule has 0 saturated carbocycles. The van der Waals surface area contributed by atoms with E-state index in [4.69, 9.17) is 16.3 Å². The lowest BCUT2D eigenvalue weighted by atomic mass is 10.1. The zero-order valence-corrected chi connectivity index (χ0v) is 15.5. The van der Waals surface area contributed by atoms with Gasteiger partial charge < -0.3 is 10.1 Å². The molecule has 0 aliphatic heterocycles. The molecule has 2 rings (SSSR count). The summed E-state index contributed by atoms with van der Waals surface area (Å²) in [5, 5.41) is 3.27. The summed E-state index contributed by atoms with van der Waals surface area (Å²) in [6.07, 6.45) is 0. The fourth-order valence-corrected chi connectivity index (χ4v) is 2.57. The molecular weight excluding hydrogens is 340 g/mol. The number of hydrogen-bond donors (Lipinski definition) is 1. The van der Waals surface area contributed by atoms with E-state index in [0.717, 1.165) is 11.1 Å². The van der Waals surface area contributed by atoms with Crippen LogP contribution in [0.3, 0.4) is 0 Å². The van der Waals surface area contributed by atoms with Gasteiger partial charge in [0.05, 0.1) is 12.8 Å². The predicted molar refractivity (Wildman–Crippen MR) is 101 cm³/mol. The highest BCUT2D eigenvalue weighted by Crippen LogP contribution is 2.31. The number of carbonyl (C=O) groups excluding carboxylic acids is 2. The summed E-state index contributed by atoms with van der Waals surface area (Å²) < 4.78 is 5.28. The number of carbonyl (C=O) groups is 2. The fourth-order valence-electron chi connectivity index (χ4n) is 2.40. The third kappa shape index (κ3) is 4.73. The number of rotatable bonds is 5. The number of halogens is 1. The first-order valence-corrected chi connectivity index (χ1v) is 8.18. The summed E-state index contributed by atoms with van der Waals surface area (Å²) in [7, 11) is 1.50. The van der Waals surface area contributed by atoms with Gasteiger partial charge in [-0.1, -0.05) is 17.7 Å². The fraction of sp³-hybridized carbons (Fsp3) is 0.263. The summed E-state index contributed by atoms with van der Waals surface area (Å²) in [5.74, 6) is -0.116. The van der Waals surface area contributed by atoms with Crippen LogP contribution in [-0.4, -0.2) is 25.5 Å². The monoisotopic (exact) mass is 360 g/mol. The van der Waals surface area contributed by atoms with Crippen LogP contribution in [0.15, 0.2) is 36.4 Å². The van der Waals surface area contributed by atoms with Gasteiger partial charge in [0.1, 0.15) is 12.3 Å². The van der Waals surface area contributed by atoms with Crippen LogP contribution < -0.4 is 15.0 Å². The number of hydrogen-bond acceptors (Lipinski definition) is 3. The number of nitrogens with one attached hydrogen (secondary N) is 1. The Kier molecular flexibility index (Phi) is 6.04. The Morgan fingerprint density at radius 3 is 2.44 bits per heavy atom. The van der Waals surface area contributed by atoms with Gasteiger partial charge in [-0.15, -0.1) is 0 Å². The highest BCUT2D eigenvalue weighted by molar-refractivity contribution is 6.31. The van der Waals surface area contributed by atoms with E-state index in [-0.39, 0.29) is 18.4 Å². The summed E-state index contributed by atoms with van der Waals surface area (Å²) in [6.45, 7) is 5.23. The van der Waals surface area contributed by atoms with Crippen LogP contribution in [0, 0.1) is 13.8 Å². The second-order valence-corrected chi connectivity index (χ2v) is 6.20. The maximum absolute atomic E-state index is 12.4. The second-order valence-electron chi connectivity index (χ2n) is 5.77. The minimum absolute atomic E-state index is 0.140. The maximum Gasteiger partial charge on any atom is 0.244 e. The van der Waals surface area contributed by atoms with Gasteiger partial charge in [0.15, 0.2) is 0 Å². The normalized spacial score (nSPS) is 10.3. The Hall–Kier alpha value is -2.53. The Labute approximate surface area is 152 Å². The zero-order chi connectivity index (χ0) is 18.6. The number of anilines is 2. The second kappa shape index (κ2) is 8.03. The first-order chi connectivity index (χ1) is 11.8. The molecule has 0 bridgehead atoms. The topological polar surface area (TPSA) is 58.6 Å². The van der Waals surface area contributed by atoms with Crippen LogP contribution in [0.5, 0.6) is 5.75 Å². The predicted octanol–water partition coefficient (Wildman–Crippen LogP) is 3.96. The molecule has 0 heterocycles. The summed E-state index contributed by atoms with van der Waals surface area (Å²) in [4.78, 5) is 25.8. The average molecular weight is 361 g/mol. The SMILES string of the molecule is COc1ccc(Cl)cc1N(CC(=O)Nc1ccc(C)c(C)c1)C(C)=O. The van der Waals surface area contributed by atoms with Crippen LogP contribution in [0.4, 0.5) is 11.4 Å². The van der Waals surface area contributed by atoms with Crippen molar-refractivity contribution in [3.8, 4) is 5.75 Å². The van der Waals surface area contributed by atoms with Gasteiger partial charge in [-0.05, 0) is 55.3 Å². The van der Waals surface area contributed by atoms with E-state index in [1.165, 1.54) is 18.9 Å². The van der Waals surface area contributed by atoms with Gasteiger partial charge in [-0.2, -0.15) is 0 Å². The molecule has 1 N–H and O–H groups in total. The Bertz CT molecular complexity index is 805. The molecule has 132 valence electrons. The van der Waals surface area contributed by atoms with Crippen molar-refractivity contribution in [2.24, 2.45) is 0 Å². The van der Waals surface area contributed by atoms with E-state index >= 15 is 0 Å². The van der Waals surface area contributed by atoms with Crippen molar-refractivity contribution < 1.29 is 14.3 Å². The minimum Gasteiger partial charge on any atom is -0.495 e. The largest absolute Gasteiger partial charge is 0.495 e. The number of amides is 2. The lowest BCUT2D eigenvalue weighted by Gasteiger charge is -2.23. The minimum atomic E-state index is -0.305. The van der Waals surface area contributed by atoms with Gasteiger partial charge in [0.25, 0.3) is 0 Å². The van der Waals surface area contributed by atoms with Crippen molar-refractivity contribution in [3.05, 3.63) is 52.5 Å². The lowest BCUT2D eigenvalue weighted by molar-refractivity contribution is -0.120. The van der Waals surface area contributed by atoms with E-state index in [1.807, 2.05) is 32.0 Å². The molecule has 0 aliphatic rings. The summed E-state index contributed by atoms with van der Waals surface area (Å²) in [5.41, 5.74) is 3.37. The molecule has 0 unspecified atom stereocenters. The number of benzene rings is 2. The van der Waals surface area contributed by atoms with Gasteiger partial charge in [-0.25, -0.2) is 0 Å². The maximum atomic E-state index is 12.4. The van der Waals surface area contributed by atoms with E-state index in [1.54, 1.807) is 18.2 Å². The molecule has 0 fully saturated rings. The molecular formula is C19H21ClN2O3. The van der Waals surface area contributed by atoms with Crippen LogP contribution in [0.25, 0.3) is 0 Å². The van der Waals surface area contributed by atoms with Crippen LogP contribution in [0.1, 0.15) is 18.1 Å². The third-order valence-electron chi connectivity index (χ3n) is 3.90. The van der Waals surface area contributed by atoms with E-state index < -0.39 is 0 Å².